The van der Waals surface area contributed by atoms with Crippen LogP contribution in [-0.4, -0.2) is 10.2 Å². The molecule has 1 rings (SSSR count). The van der Waals surface area contributed by atoms with Crippen LogP contribution in [-0.2, 0) is 5.54 Å². The van der Waals surface area contributed by atoms with Crippen LogP contribution in [0.15, 0.2) is 6.07 Å². The molecule has 0 aliphatic heterocycles. The van der Waals surface area contributed by atoms with Crippen LogP contribution in [0.2, 0.25) is 10.3 Å². The van der Waals surface area contributed by atoms with Crippen molar-refractivity contribution >= 4 is 23.2 Å². The maximum atomic E-state index is 5.82. The molecule has 1 aromatic rings. The van der Waals surface area contributed by atoms with Crippen molar-refractivity contribution in [3.8, 4) is 0 Å². The Labute approximate surface area is 80.9 Å². The molecule has 3 nitrogen and oxygen atoms in total. The van der Waals surface area contributed by atoms with Gasteiger partial charge in [0.15, 0.2) is 10.3 Å². The molecular formula is C7H9Cl2N3. The van der Waals surface area contributed by atoms with E-state index in [2.05, 4.69) is 10.2 Å². The molecule has 1 aromatic heterocycles. The van der Waals surface area contributed by atoms with Gasteiger partial charge in [0, 0.05) is 11.1 Å². The Morgan fingerprint density at radius 2 is 1.92 bits per heavy atom. The second-order valence-electron chi connectivity index (χ2n) is 3.09. The first kappa shape index (κ1) is 9.71. The van der Waals surface area contributed by atoms with Gasteiger partial charge >= 0.3 is 0 Å². The molecule has 12 heavy (non-hydrogen) atoms. The highest BCUT2D eigenvalue weighted by molar-refractivity contribution is 6.31. The summed E-state index contributed by atoms with van der Waals surface area (Å²) in [6, 6.07) is 1.62. The first-order valence-corrected chi connectivity index (χ1v) is 4.15. The number of hydrogen-bond donors (Lipinski definition) is 1. The van der Waals surface area contributed by atoms with E-state index in [9.17, 15) is 0 Å². The molecule has 0 aromatic carbocycles. The van der Waals surface area contributed by atoms with Crippen molar-refractivity contribution in [2.24, 2.45) is 5.73 Å². The van der Waals surface area contributed by atoms with E-state index < -0.39 is 5.54 Å². The lowest BCUT2D eigenvalue weighted by Gasteiger charge is -2.19. The number of nitrogens with zero attached hydrogens (tertiary/aromatic N) is 2. The summed E-state index contributed by atoms with van der Waals surface area (Å²) in [6.07, 6.45) is 0. The molecular weight excluding hydrogens is 197 g/mol. The van der Waals surface area contributed by atoms with Crippen molar-refractivity contribution in [2.75, 3.05) is 0 Å². The molecule has 0 aliphatic carbocycles. The van der Waals surface area contributed by atoms with Crippen LogP contribution in [0.5, 0.6) is 0 Å². The smallest absolute Gasteiger partial charge is 0.156 e. The predicted molar refractivity (Wildman–Crippen MR) is 49.3 cm³/mol. The van der Waals surface area contributed by atoms with Gasteiger partial charge in [0.25, 0.3) is 0 Å². The van der Waals surface area contributed by atoms with Crippen LogP contribution >= 0.6 is 23.2 Å². The zero-order chi connectivity index (χ0) is 9.35. The molecule has 5 heteroatoms. The molecule has 0 spiro atoms. The highest BCUT2D eigenvalue weighted by Crippen LogP contribution is 2.24. The summed E-state index contributed by atoms with van der Waals surface area (Å²) in [6.45, 7) is 3.65. The number of rotatable bonds is 1. The quantitative estimate of drug-likeness (QED) is 0.764. The van der Waals surface area contributed by atoms with Gasteiger partial charge in [0.1, 0.15) is 0 Å². The first-order valence-electron chi connectivity index (χ1n) is 3.39. The Bertz CT molecular complexity index is 293. The fraction of sp³-hybridized carbons (Fsp3) is 0.429. The van der Waals surface area contributed by atoms with Gasteiger partial charge in [-0.05, 0) is 19.9 Å². The maximum Gasteiger partial charge on any atom is 0.156 e. The van der Waals surface area contributed by atoms with Gasteiger partial charge < -0.3 is 5.73 Å². The third-order valence-corrected chi connectivity index (χ3v) is 1.88. The van der Waals surface area contributed by atoms with E-state index in [0.717, 1.165) is 0 Å². The number of halogens is 2. The molecule has 66 valence electrons. The van der Waals surface area contributed by atoms with E-state index in [4.69, 9.17) is 28.9 Å². The maximum absolute atomic E-state index is 5.82. The van der Waals surface area contributed by atoms with E-state index in [1.165, 1.54) is 0 Å². The van der Waals surface area contributed by atoms with Crippen LogP contribution < -0.4 is 5.73 Å². The number of nitrogens with two attached hydrogens (primary N) is 1. The fourth-order valence-corrected chi connectivity index (χ4v) is 1.29. The zero-order valence-corrected chi connectivity index (χ0v) is 8.32. The lowest BCUT2D eigenvalue weighted by molar-refractivity contribution is 0.550. The van der Waals surface area contributed by atoms with Gasteiger partial charge in [-0.3, -0.25) is 0 Å². The summed E-state index contributed by atoms with van der Waals surface area (Å²) in [5, 5.41) is 7.83. The predicted octanol–water partition coefficient (Wildman–Crippen LogP) is 1.98. The molecule has 0 unspecified atom stereocenters. The van der Waals surface area contributed by atoms with Gasteiger partial charge in [0.2, 0.25) is 0 Å². The Morgan fingerprint density at radius 3 is 2.33 bits per heavy atom. The minimum Gasteiger partial charge on any atom is -0.322 e. The average Bonchev–Trinajstić information content (AvgIpc) is 1.92. The van der Waals surface area contributed by atoms with Crippen LogP contribution in [0.3, 0.4) is 0 Å². The summed E-state index contributed by atoms with van der Waals surface area (Å²) < 4.78 is 0. The molecule has 0 amide bonds. The van der Waals surface area contributed by atoms with E-state index in [1.54, 1.807) is 6.07 Å². The molecule has 2 N–H and O–H groups in total. The van der Waals surface area contributed by atoms with E-state index in [1.807, 2.05) is 13.8 Å². The SMILES string of the molecule is CC(C)(N)c1cc(Cl)nnc1Cl. The normalized spacial score (nSPS) is 11.8. The molecule has 0 saturated carbocycles. The summed E-state index contributed by atoms with van der Waals surface area (Å²) in [5.41, 5.74) is 5.97. The highest BCUT2D eigenvalue weighted by atomic mass is 35.5. The minimum atomic E-state index is -0.545. The Hall–Kier alpha value is -0.380. The molecule has 0 aliphatic rings. The summed E-state index contributed by atoms with van der Waals surface area (Å²) in [4.78, 5) is 0. The lowest BCUT2D eigenvalue weighted by atomic mass is 9.98. The summed E-state index contributed by atoms with van der Waals surface area (Å²) in [7, 11) is 0. The number of aromatic nitrogens is 2. The van der Waals surface area contributed by atoms with E-state index >= 15 is 0 Å². The van der Waals surface area contributed by atoms with Crippen molar-refractivity contribution in [3.63, 3.8) is 0 Å². The van der Waals surface area contributed by atoms with Crippen molar-refractivity contribution < 1.29 is 0 Å². The molecule has 0 radical (unpaired) electrons. The third kappa shape index (κ3) is 2.06. The largest absolute Gasteiger partial charge is 0.322 e. The second kappa shape index (κ2) is 3.17. The van der Waals surface area contributed by atoms with Gasteiger partial charge in [-0.1, -0.05) is 23.2 Å². The van der Waals surface area contributed by atoms with Crippen molar-refractivity contribution in [1.82, 2.24) is 10.2 Å². The number of hydrogen-bond acceptors (Lipinski definition) is 3. The second-order valence-corrected chi connectivity index (χ2v) is 3.84. The van der Waals surface area contributed by atoms with Gasteiger partial charge in [-0.15, -0.1) is 10.2 Å². The molecule has 0 fully saturated rings. The fourth-order valence-electron chi connectivity index (χ4n) is 0.805. The van der Waals surface area contributed by atoms with E-state index in [-0.39, 0.29) is 0 Å². The van der Waals surface area contributed by atoms with E-state index in [0.29, 0.717) is 15.9 Å². The van der Waals surface area contributed by atoms with Crippen molar-refractivity contribution in [1.29, 1.82) is 0 Å². The van der Waals surface area contributed by atoms with Crippen LogP contribution in [0.4, 0.5) is 0 Å². The van der Waals surface area contributed by atoms with Crippen LogP contribution in [0.1, 0.15) is 19.4 Å². The summed E-state index contributed by atoms with van der Waals surface area (Å²) in [5.74, 6) is 0. The molecule has 0 saturated heterocycles. The Kier molecular flexibility index (Phi) is 2.56. The van der Waals surface area contributed by atoms with Crippen molar-refractivity contribution in [2.45, 2.75) is 19.4 Å². The van der Waals surface area contributed by atoms with Crippen LogP contribution in [0.25, 0.3) is 0 Å². The van der Waals surface area contributed by atoms with Gasteiger partial charge in [0.05, 0.1) is 0 Å². The zero-order valence-electron chi connectivity index (χ0n) is 6.81. The van der Waals surface area contributed by atoms with Gasteiger partial charge in [-0.2, -0.15) is 0 Å². The average molecular weight is 206 g/mol. The first-order chi connectivity index (χ1) is 5.41. The third-order valence-electron chi connectivity index (χ3n) is 1.41. The monoisotopic (exact) mass is 205 g/mol. The molecule has 1 heterocycles. The Balaban J connectivity index is 3.23. The van der Waals surface area contributed by atoms with Crippen molar-refractivity contribution in [3.05, 3.63) is 21.9 Å². The summed E-state index contributed by atoms with van der Waals surface area (Å²) >= 11 is 11.4. The van der Waals surface area contributed by atoms with Crippen LogP contribution in [0, 0.1) is 0 Å². The topological polar surface area (TPSA) is 51.8 Å². The van der Waals surface area contributed by atoms with Gasteiger partial charge in [-0.25, -0.2) is 0 Å². The highest BCUT2D eigenvalue weighted by Gasteiger charge is 2.19. The molecule has 0 bridgehead atoms. The lowest BCUT2D eigenvalue weighted by Crippen LogP contribution is -2.29. The minimum absolute atomic E-state index is 0.298. The standard InChI is InChI=1S/C7H9Cl2N3/c1-7(2,10)4-3-5(8)11-12-6(4)9/h3H,10H2,1-2H3. The Morgan fingerprint density at radius 1 is 1.33 bits per heavy atom. The molecule has 0 atom stereocenters.